The van der Waals surface area contributed by atoms with Crippen LogP contribution in [0.1, 0.15) is 0 Å². The molecule has 1 unspecified atom stereocenters. The standard InChI is InChI=1S/CH5ClNOP/c1-4-5(2)3/h3H2,1H3. The monoisotopic (exact) mass is 113 g/mol. The van der Waals surface area contributed by atoms with Gasteiger partial charge >= 0.3 is 0 Å². The molecule has 0 fully saturated rings. The van der Waals surface area contributed by atoms with Crippen molar-refractivity contribution in [3.05, 3.63) is 0 Å². The van der Waals surface area contributed by atoms with Crippen LogP contribution < -0.4 is 5.50 Å². The molecule has 0 aromatic carbocycles. The minimum absolute atomic E-state index is 1.13. The summed E-state index contributed by atoms with van der Waals surface area (Å²) in [5, 5.41) is 0. The first-order valence-corrected chi connectivity index (χ1v) is 3.25. The Morgan fingerprint density at radius 2 is 2.20 bits per heavy atom. The van der Waals surface area contributed by atoms with Crippen LogP contribution in [-0.4, -0.2) is 7.11 Å². The van der Waals surface area contributed by atoms with Crippen LogP contribution in [-0.2, 0) is 4.52 Å². The third-order valence-corrected chi connectivity index (χ3v) is 0.937. The molecule has 0 aromatic rings. The molecule has 0 bridgehead atoms. The van der Waals surface area contributed by atoms with E-state index in [1.807, 2.05) is 0 Å². The Hall–Kier alpha value is 0.640. The molecule has 1 atom stereocenters. The molecule has 0 spiro atoms. The van der Waals surface area contributed by atoms with E-state index in [9.17, 15) is 0 Å². The first-order valence-electron chi connectivity index (χ1n) is 1.02. The summed E-state index contributed by atoms with van der Waals surface area (Å²) in [5.74, 6) is 0. The highest BCUT2D eigenvalue weighted by Crippen LogP contribution is 2.30. The van der Waals surface area contributed by atoms with Crippen molar-refractivity contribution < 1.29 is 4.52 Å². The second-order valence-electron chi connectivity index (χ2n) is 0.455. The second-order valence-corrected chi connectivity index (χ2v) is 2.36. The van der Waals surface area contributed by atoms with Crippen LogP contribution in [0.3, 0.4) is 0 Å². The smallest absolute Gasteiger partial charge is 0.200 e. The van der Waals surface area contributed by atoms with Gasteiger partial charge in [0.25, 0.3) is 0 Å². The van der Waals surface area contributed by atoms with Crippen molar-refractivity contribution in [2.45, 2.75) is 0 Å². The highest BCUT2D eigenvalue weighted by Gasteiger charge is 1.83. The quantitative estimate of drug-likeness (QED) is 0.516. The number of nitrogens with two attached hydrogens (primary N) is 1. The van der Waals surface area contributed by atoms with E-state index in [1.54, 1.807) is 0 Å². The second kappa shape index (κ2) is 2.86. The van der Waals surface area contributed by atoms with E-state index in [2.05, 4.69) is 4.52 Å². The SMILES string of the molecule is COP(N)Cl. The molecule has 0 rings (SSSR count). The van der Waals surface area contributed by atoms with Crippen LogP contribution in [0.4, 0.5) is 0 Å². The van der Waals surface area contributed by atoms with Crippen LogP contribution >= 0.6 is 18.9 Å². The number of hydrogen-bond acceptors (Lipinski definition) is 2. The average molecular weight is 113 g/mol. The summed E-state index contributed by atoms with van der Waals surface area (Å²) in [6.45, 7) is 0. The Kier molecular flexibility index (Phi) is 3.22. The van der Waals surface area contributed by atoms with E-state index >= 15 is 0 Å². The molecule has 5 heavy (non-hydrogen) atoms. The van der Waals surface area contributed by atoms with Crippen LogP contribution in [0, 0.1) is 0 Å². The lowest BCUT2D eigenvalue weighted by Crippen LogP contribution is -1.78. The van der Waals surface area contributed by atoms with Crippen molar-refractivity contribution in [3.63, 3.8) is 0 Å². The number of rotatable bonds is 1. The Morgan fingerprint density at radius 1 is 2.00 bits per heavy atom. The molecule has 0 aliphatic carbocycles. The van der Waals surface area contributed by atoms with E-state index < -0.39 is 7.65 Å². The van der Waals surface area contributed by atoms with Crippen LogP contribution in [0.5, 0.6) is 0 Å². The molecule has 0 saturated heterocycles. The zero-order valence-corrected chi connectivity index (χ0v) is 4.46. The molecule has 0 amide bonds. The molecule has 2 N–H and O–H groups in total. The van der Waals surface area contributed by atoms with Crippen molar-refractivity contribution in [2.24, 2.45) is 5.50 Å². The van der Waals surface area contributed by atoms with Gasteiger partial charge < -0.3 is 4.52 Å². The van der Waals surface area contributed by atoms with E-state index in [0.29, 0.717) is 0 Å². The van der Waals surface area contributed by atoms with Gasteiger partial charge in [0.15, 0.2) is 0 Å². The predicted molar refractivity (Wildman–Crippen MR) is 24.0 cm³/mol. The lowest BCUT2D eigenvalue weighted by molar-refractivity contribution is 0.472. The lowest BCUT2D eigenvalue weighted by atomic mass is 11.8. The van der Waals surface area contributed by atoms with Crippen molar-refractivity contribution in [3.8, 4) is 0 Å². The van der Waals surface area contributed by atoms with Crippen LogP contribution in [0.2, 0.25) is 0 Å². The molecule has 0 aliphatic heterocycles. The molecule has 32 valence electrons. The Balaban J connectivity index is 2.54. The van der Waals surface area contributed by atoms with Crippen LogP contribution in [0.25, 0.3) is 0 Å². The third kappa shape index (κ3) is 4.64. The number of hydrogen-bond donors (Lipinski definition) is 1. The Bertz CT molecular complexity index is 25.6. The van der Waals surface area contributed by atoms with E-state index in [0.717, 1.165) is 0 Å². The molecule has 0 radical (unpaired) electrons. The number of halogens is 1. The summed E-state index contributed by atoms with van der Waals surface area (Å²) in [6.07, 6.45) is 0. The largest absolute Gasteiger partial charge is 0.335 e. The summed E-state index contributed by atoms with van der Waals surface area (Å²) in [7, 11) is 0.345. The lowest BCUT2D eigenvalue weighted by Gasteiger charge is -1.90. The zero-order valence-electron chi connectivity index (χ0n) is 2.81. The maximum Gasteiger partial charge on any atom is 0.200 e. The van der Waals surface area contributed by atoms with E-state index in [1.165, 1.54) is 7.11 Å². The molecule has 0 aromatic heterocycles. The van der Waals surface area contributed by atoms with Gasteiger partial charge in [-0.25, -0.2) is 0 Å². The van der Waals surface area contributed by atoms with Gasteiger partial charge in [0.05, 0.1) is 0 Å². The summed E-state index contributed by atoms with van der Waals surface area (Å²) < 4.78 is 4.36. The van der Waals surface area contributed by atoms with Crippen molar-refractivity contribution in [1.82, 2.24) is 0 Å². The van der Waals surface area contributed by atoms with Gasteiger partial charge in [-0.05, 0) is 11.2 Å². The summed E-state index contributed by atoms with van der Waals surface area (Å²) in [6, 6.07) is 0. The summed E-state index contributed by atoms with van der Waals surface area (Å²) in [5.41, 5.74) is 4.90. The first kappa shape index (κ1) is 5.64. The normalized spacial score (nSPS) is 15.0. The van der Waals surface area contributed by atoms with Gasteiger partial charge in [0.2, 0.25) is 7.65 Å². The minimum Gasteiger partial charge on any atom is -0.335 e. The fraction of sp³-hybridized carbons (Fsp3) is 1.00. The van der Waals surface area contributed by atoms with Crippen molar-refractivity contribution >= 4 is 18.9 Å². The highest BCUT2D eigenvalue weighted by atomic mass is 35.7. The average Bonchev–Trinajstić information content (AvgIpc) is 1.38. The Morgan fingerprint density at radius 3 is 2.20 bits per heavy atom. The molecular weight excluding hydrogens is 108 g/mol. The minimum atomic E-state index is -1.13. The van der Waals surface area contributed by atoms with Crippen molar-refractivity contribution in [2.75, 3.05) is 7.11 Å². The summed E-state index contributed by atoms with van der Waals surface area (Å²) >= 11 is 5.08. The predicted octanol–water partition coefficient (Wildman–Crippen LogP) is 1.06. The van der Waals surface area contributed by atoms with Crippen LogP contribution in [0.15, 0.2) is 0 Å². The fourth-order valence-electron chi connectivity index (χ4n) is 0. The summed E-state index contributed by atoms with van der Waals surface area (Å²) in [4.78, 5) is 0. The van der Waals surface area contributed by atoms with E-state index in [-0.39, 0.29) is 0 Å². The fourth-order valence-corrected chi connectivity index (χ4v) is 0. The molecule has 0 aliphatic rings. The molecule has 4 heteroatoms. The zero-order chi connectivity index (χ0) is 4.28. The molecule has 0 heterocycles. The van der Waals surface area contributed by atoms with Crippen molar-refractivity contribution in [1.29, 1.82) is 0 Å². The third-order valence-electron chi connectivity index (χ3n) is 0.174. The van der Waals surface area contributed by atoms with E-state index in [4.69, 9.17) is 16.7 Å². The first-order chi connectivity index (χ1) is 2.27. The topological polar surface area (TPSA) is 35.2 Å². The Labute approximate surface area is 36.9 Å². The van der Waals surface area contributed by atoms with Gasteiger partial charge in [-0.3, -0.25) is 5.50 Å². The van der Waals surface area contributed by atoms with Gasteiger partial charge in [-0.2, -0.15) is 0 Å². The highest BCUT2D eigenvalue weighted by molar-refractivity contribution is 7.78. The molecule has 2 nitrogen and oxygen atoms in total. The van der Waals surface area contributed by atoms with Gasteiger partial charge in [-0.15, -0.1) is 0 Å². The van der Waals surface area contributed by atoms with Gasteiger partial charge in [0.1, 0.15) is 0 Å². The van der Waals surface area contributed by atoms with Gasteiger partial charge in [-0.1, -0.05) is 0 Å². The molecular formula is CH5ClNOP. The van der Waals surface area contributed by atoms with Gasteiger partial charge in [0, 0.05) is 7.11 Å². The molecule has 0 saturated carbocycles. The maximum atomic E-state index is 5.08. The maximum absolute atomic E-state index is 5.08.